The van der Waals surface area contributed by atoms with Gasteiger partial charge in [-0.1, -0.05) is 92.7 Å². The van der Waals surface area contributed by atoms with Gasteiger partial charge in [-0.05, 0) is 23.5 Å². The zero-order valence-corrected chi connectivity index (χ0v) is 17.0. The molecule has 1 unspecified atom stereocenters. The van der Waals surface area contributed by atoms with E-state index in [1.165, 1.54) is 0 Å². The van der Waals surface area contributed by atoms with E-state index < -0.39 is 11.6 Å². The Morgan fingerprint density at radius 2 is 1.33 bits per heavy atom. The third kappa shape index (κ3) is 3.33. The van der Waals surface area contributed by atoms with E-state index in [0.717, 1.165) is 12.0 Å². The molecule has 1 atom stereocenters. The van der Waals surface area contributed by atoms with Crippen molar-refractivity contribution < 1.29 is 14.4 Å². The quantitative estimate of drug-likeness (QED) is 0.399. The summed E-state index contributed by atoms with van der Waals surface area (Å²) < 4.78 is 0. The van der Waals surface area contributed by atoms with Gasteiger partial charge in [0.05, 0.1) is 5.57 Å². The van der Waals surface area contributed by atoms with Gasteiger partial charge in [0.15, 0.2) is 17.3 Å². The van der Waals surface area contributed by atoms with Crippen LogP contribution in [0.25, 0.3) is 5.57 Å². The van der Waals surface area contributed by atoms with Gasteiger partial charge in [-0.15, -0.1) is 0 Å². The lowest BCUT2D eigenvalue weighted by molar-refractivity contribution is 0.0940. The first-order valence-corrected chi connectivity index (χ1v) is 10.2. The van der Waals surface area contributed by atoms with Crippen LogP contribution in [0.15, 0.2) is 84.4 Å². The molecule has 0 heterocycles. The van der Waals surface area contributed by atoms with Gasteiger partial charge in [-0.25, -0.2) is 0 Å². The second-order valence-electron chi connectivity index (χ2n) is 7.58. The molecule has 3 heteroatoms. The molecule has 3 nitrogen and oxygen atoms in total. The summed E-state index contributed by atoms with van der Waals surface area (Å²) in [6.07, 6.45) is 1.00. The highest BCUT2D eigenvalue weighted by atomic mass is 16.2. The maximum Gasteiger partial charge on any atom is 0.198 e. The number of rotatable bonds is 5. The van der Waals surface area contributed by atoms with Crippen LogP contribution in [0.2, 0.25) is 0 Å². The van der Waals surface area contributed by atoms with Crippen LogP contribution in [0.1, 0.15) is 68.4 Å². The third-order valence-corrected chi connectivity index (χ3v) is 5.76. The molecule has 0 saturated heterocycles. The summed E-state index contributed by atoms with van der Waals surface area (Å²) in [5.41, 5.74) is 2.86. The minimum atomic E-state index is -0.419. The monoisotopic (exact) mass is 394 g/mol. The Morgan fingerprint density at radius 3 is 1.93 bits per heavy atom. The van der Waals surface area contributed by atoms with Crippen molar-refractivity contribution in [3.05, 3.63) is 112 Å². The van der Waals surface area contributed by atoms with Crippen LogP contribution in [-0.4, -0.2) is 17.3 Å². The Kier molecular flexibility index (Phi) is 5.28. The molecule has 0 N–H and O–H groups in total. The molecule has 3 aromatic carbocycles. The number of hydrogen-bond acceptors (Lipinski definition) is 3. The van der Waals surface area contributed by atoms with E-state index in [1.54, 1.807) is 60.7 Å². The summed E-state index contributed by atoms with van der Waals surface area (Å²) in [6.45, 7) is 4.25. The highest BCUT2D eigenvalue weighted by molar-refractivity contribution is 6.49. The Hall–Kier alpha value is -3.59. The molecular formula is C27H22O3. The molecular weight excluding hydrogens is 372 g/mol. The molecule has 1 aliphatic rings. The van der Waals surface area contributed by atoms with Crippen LogP contribution in [-0.2, 0) is 0 Å². The van der Waals surface area contributed by atoms with Gasteiger partial charge in [-0.3, -0.25) is 14.4 Å². The molecule has 0 radical (unpaired) electrons. The Balaban J connectivity index is 1.88. The van der Waals surface area contributed by atoms with Crippen LogP contribution >= 0.6 is 0 Å². The molecule has 0 fully saturated rings. The SMILES string of the molecule is CCC(C)c1ccc(C(=O)C2=C(c3ccccc3)C(=O)c3ccccc3C2=O)cc1. The largest absolute Gasteiger partial charge is 0.289 e. The lowest BCUT2D eigenvalue weighted by Gasteiger charge is -2.21. The van der Waals surface area contributed by atoms with Crippen molar-refractivity contribution >= 4 is 22.9 Å². The summed E-state index contributed by atoms with van der Waals surface area (Å²) in [7, 11) is 0. The molecule has 0 aliphatic heterocycles. The molecule has 3 aromatic rings. The first kappa shape index (κ1) is 19.7. The van der Waals surface area contributed by atoms with Gasteiger partial charge in [-0.2, -0.15) is 0 Å². The fourth-order valence-electron chi connectivity index (χ4n) is 3.82. The number of allylic oxidation sites excluding steroid dienone is 2. The Bertz CT molecular complexity index is 1170. The number of carbonyl (C=O) groups excluding carboxylic acids is 3. The number of ketones is 3. The van der Waals surface area contributed by atoms with Crippen LogP contribution in [0, 0.1) is 0 Å². The summed E-state index contributed by atoms with van der Waals surface area (Å²) in [6, 6.07) is 23.0. The van der Waals surface area contributed by atoms with E-state index in [0.29, 0.717) is 22.6 Å². The van der Waals surface area contributed by atoms with Gasteiger partial charge >= 0.3 is 0 Å². The van der Waals surface area contributed by atoms with Crippen LogP contribution < -0.4 is 0 Å². The maximum atomic E-state index is 13.5. The fourth-order valence-corrected chi connectivity index (χ4v) is 3.82. The number of carbonyl (C=O) groups is 3. The molecule has 148 valence electrons. The van der Waals surface area contributed by atoms with Gasteiger partial charge in [0, 0.05) is 22.3 Å². The normalized spacial score (nSPS) is 14.5. The standard InChI is InChI=1S/C27H22O3/c1-3-17(2)18-13-15-20(16-14-18)25(28)24-23(19-9-5-4-6-10-19)26(29)21-11-7-8-12-22(21)27(24)30/h4-17H,3H2,1-2H3. The lowest BCUT2D eigenvalue weighted by Crippen LogP contribution is -2.26. The first-order chi connectivity index (χ1) is 14.5. The number of Topliss-reactive ketones (excluding diaryl/α,β-unsaturated/α-hetero) is 3. The minimum Gasteiger partial charge on any atom is -0.289 e. The minimum absolute atomic E-state index is 0.0545. The number of hydrogen-bond donors (Lipinski definition) is 0. The zero-order chi connectivity index (χ0) is 21.3. The van der Waals surface area contributed by atoms with E-state index in [4.69, 9.17) is 0 Å². The van der Waals surface area contributed by atoms with Crippen molar-refractivity contribution in [2.45, 2.75) is 26.2 Å². The predicted octanol–water partition coefficient (Wildman–Crippen LogP) is 5.92. The van der Waals surface area contributed by atoms with Crippen molar-refractivity contribution in [2.75, 3.05) is 0 Å². The second kappa shape index (κ2) is 8.03. The summed E-state index contributed by atoms with van der Waals surface area (Å²) in [5, 5.41) is 0. The lowest BCUT2D eigenvalue weighted by atomic mass is 9.78. The Labute approximate surface area is 176 Å². The van der Waals surface area contributed by atoms with Crippen molar-refractivity contribution in [3.8, 4) is 0 Å². The topological polar surface area (TPSA) is 51.2 Å². The molecule has 0 amide bonds. The summed E-state index contributed by atoms with van der Waals surface area (Å²) >= 11 is 0. The molecule has 1 aliphatic carbocycles. The number of fused-ring (bicyclic) bond motifs is 1. The molecule has 0 spiro atoms. The van der Waals surface area contributed by atoms with E-state index >= 15 is 0 Å². The first-order valence-electron chi connectivity index (χ1n) is 10.2. The van der Waals surface area contributed by atoms with E-state index in [1.807, 2.05) is 18.2 Å². The maximum absolute atomic E-state index is 13.5. The molecule has 0 bridgehead atoms. The summed E-state index contributed by atoms with van der Waals surface area (Å²) in [4.78, 5) is 40.1. The van der Waals surface area contributed by atoms with Gasteiger partial charge < -0.3 is 0 Å². The molecule has 4 rings (SSSR count). The molecule has 0 aromatic heterocycles. The predicted molar refractivity (Wildman–Crippen MR) is 118 cm³/mol. The highest BCUT2D eigenvalue weighted by Crippen LogP contribution is 2.34. The van der Waals surface area contributed by atoms with E-state index in [9.17, 15) is 14.4 Å². The second-order valence-corrected chi connectivity index (χ2v) is 7.58. The van der Waals surface area contributed by atoms with Gasteiger partial charge in [0.2, 0.25) is 0 Å². The molecule has 0 saturated carbocycles. The van der Waals surface area contributed by atoms with E-state index in [-0.39, 0.29) is 22.5 Å². The molecule has 30 heavy (non-hydrogen) atoms. The van der Waals surface area contributed by atoms with Gasteiger partial charge in [0.1, 0.15) is 0 Å². The third-order valence-electron chi connectivity index (χ3n) is 5.76. The average molecular weight is 394 g/mol. The van der Waals surface area contributed by atoms with Crippen molar-refractivity contribution in [3.63, 3.8) is 0 Å². The van der Waals surface area contributed by atoms with Crippen molar-refractivity contribution in [2.24, 2.45) is 0 Å². The van der Waals surface area contributed by atoms with Crippen LogP contribution in [0.4, 0.5) is 0 Å². The summed E-state index contributed by atoms with van der Waals surface area (Å²) in [5.74, 6) is -0.730. The highest BCUT2D eigenvalue weighted by Gasteiger charge is 2.36. The van der Waals surface area contributed by atoms with Gasteiger partial charge in [0.25, 0.3) is 0 Å². The van der Waals surface area contributed by atoms with Crippen LogP contribution in [0.5, 0.6) is 0 Å². The van der Waals surface area contributed by atoms with Crippen molar-refractivity contribution in [1.82, 2.24) is 0 Å². The number of benzene rings is 3. The zero-order valence-electron chi connectivity index (χ0n) is 17.0. The fraction of sp³-hybridized carbons (Fsp3) is 0.148. The van der Waals surface area contributed by atoms with Crippen molar-refractivity contribution in [1.29, 1.82) is 0 Å². The van der Waals surface area contributed by atoms with E-state index in [2.05, 4.69) is 13.8 Å². The Morgan fingerprint density at radius 1 is 0.767 bits per heavy atom. The smallest absolute Gasteiger partial charge is 0.198 e. The van der Waals surface area contributed by atoms with Crippen LogP contribution in [0.3, 0.4) is 0 Å². The average Bonchev–Trinajstić information content (AvgIpc) is 2.81.